The van der Waals surface area contributed by atoms with Crippen molar-refractivity contribution in [3.63, 3.8) is 0 Å². The molecule has 1 aromatic rings. The molecule has 0 spiro atoms. The highest BCUT2D eigenvalue weighted by atomic mass is 16.5. The normalized spacial score (nSPS) is 23.7. The van der Waals surface area contributed by atoms with E-state index in [0.717, 1.165) is 63.7 Å². The van der Waals surface area contributed by atoms with Gasteiger partial charge in [0.15, 0.2) is 0 Å². The van der Waals surface area contributed by atoms with Crippen molar-refractivity contribution in [1.29, 1.82) is 0 Å². The lowest BCUT2D eigenvalue weighted by Crippen LogP contribution is -2.50. The van der Waals surface area contributed by atoms with E-state index in [1.54, 1.807) is 0 Å². The Labute approximate surface area is 125 Å². The molecule has 6 heteroatoms. The zero-order valence-corrected chi connectivity index (χ0v) is 12.9. The number of hydrogen-bond acceptors (Lipinski definition) is 5. The Bertz CT molecular complexity index is 480. The standard InChI is InChI=1S/C15H24N4O2/c1-11-14(12(2)21-17-11)10-18-5-7-19(8-6-18)15(20)13-3-4-16-9-13/h13,16H,3-10H2,1-2H3/t13-/m1/s1. The molecule has 3 rings (SSSR count). The van der Waals surface area contributed by atoms with Crippen LogP contribution in [0.1, 0.15) is 23.4 Å². The van der Waals surface area contributed by atoms with Crippen LogP contribution in [0.4, 0.5) is 0 Å². The van der Waals surface area contributed by atoms with E-state index in [4.69, 9.17) is 4.52 Å². The summed E-state index contributed by atoms with van der Waals surface area (Å²) in [6, 6.07) is 0. The number of carbonyl (C=O) groups excluding carboxylic acids is 1. The predicted molar refractivity (Wildman–Crippen MR) is 78.8 cm³/mol. The molecule has 1 aromatic heterocycles. The van der Waals surface area contributed by atoms with E-state index in [2.05, 4.69) is 15.4 Å². The summed E-state index contributed by atoms with van der Waals surface area (Å²) in [7, 11) is 0. The van der Waals surface area contributed by atoms with Crippen LogP contribution in [-0.2, 0) is 11.3 Å². The molecule has 116 valence electrons. The van der Waals surface area contributed by atoms with Gasteiger partial charge in [0, 0.05) is 44.8 Å². The maximum atomic E-state index is 12.4. The largest absolute Gasteiger partial charge is 0.361 e. The third kappa shape index (κ3) is 3.11. The highest BCUT2D eigenvalue weighted by molar-refractivity contribution is 5.79. The number of nitrogens with one attached hydrogen (secondary N) is 1. The van der Waals surface area contributed by atoms with Crippen molar-refractivity contribution < 1.29 is 9.32 Å². The maximum Gasteiger partial charge on any atom is 0.227 e. The highest BCUT2D eigenvalue weighted by Crippen LogP contribution is 2.18. The van der Waals surface area contributed by atoms with E-state index < -0.39 is 0 Å². The van der Waals surface area contributed by atoms with Crippen molar-refractivity contribution in [2.24, 2.45) is 5.92 Å². The third-order valence-corrected chi connectivity index (χ3v) is 4.66. The summed E-state index contributed by atoms with van der Waals surface area (Å²) in [5, 5.41) is 7.27. The van der Waals surface area contributed by atoms with E-state index in [-0.39, 0.29) is 5.92 Å². The van der Waals surface area contributed by atoms with Gasteiger partial charge in [-0.1, -0.05) is 5.16 Å². The molecule has 2 fully saturated rings. The molecule has 1 amide bonds. The first kappa shape index (κ1) is 14.5. The number of aromatic nitrogens is 1. The second-order valence-corrected chi connectivity index (χ2v) is 6.09. The topological polar surface area (TPSA) is 61.6 Å². The van der Waals surface area contributed by atoms with Crippen LogP contribution in [0, 0.1) is 19.8 Å². The fourth-order valence-electron chi connectivity index (χ4n) is 3.20. The van der Waals surface area contributed by atoms with Gasteiger partial charge in [0.25, 0.3) is 0 Å². The number of carbonyl (C=O) groups is 1. The van der Waals surface area contributed by atoms with E-state index in [1.807, 2.05) is 18.7 Å². The fourth-order valence-corrected chi connectivity index (χ4v) is 3.20. The molecular formula is C15H24N4O2. The fraction of sp³-hybridized carbons (Fsp3) is 0.733. The van der Waals surface area contributed by atoms with Crippen molar-refractivity contribution in [3.05, 3.63) is 17.0 Å². The van der Waals surface area contributed by atoms with Crippen LogP contribution in [0.5, 0.6) is 0 Å². The van der Waals surface area contributed by atoms with Crippen LogP contribution < -0.4 is 5.32 Å². The van der Waals surface area contributed by atoms with E-state index >= 15 is 0 Å². The van der Waals surface area contributed by atoms with Crippen molar-refractivity contribution in [3.8, 4) is 0 Å². The Hall–Kier alpha value is -1.40. The van der Waals surface area contributed by atoms with Gasteiger partial charge in [0.2, 0.25) is 5.91 Å². The highest BCUT2D eigenvalue weighted by Gasteiger charge is 2.29. The summed E-state index contributed by atoms with van der Waals surface area (Å²) < 4.78 is 5.22. The lowest BCUT2D eigenvalue weighted by molar-refractivity contribution is -0.136. The van der Waals surface area contributed by atoms with Crippen molar-refractivity contribution >= 4 is 5.91 Å². The van der Waals surface area contributed by atoms with Gasteiger partial charge in [-0.3, -0.25) is 9.69 Å². The molecule has 0 saturated carbocycles. The zero-order valence-electron chi connectivity index (χ0n) is 12.9. The van der Waals surface area contributed by atoms with Crippen LogP contribution in [0.15, 0.2) is 4.52 Å². The molecule has 0 bridgehead atoms. The molecule has 3 heterocycles. The lowest BCUT2D eigenvalue weighted by atomic mass is 10.1. The SMILES string of the molecule is Cc1noc(C)c1CN1CCN(C(=O)[C@@H]2CCNC2)CC1. The molecule has 1 N–H and O–H groups in total. The molecule has 1 atom stereocenters. The van der Waals surface area contributed by atoms with Crippen molar-refractivity contribution in [2.75, 3.05) is 39.3 Å². The molecule has 2 aliphatic rings. The molecule has 0 unspecified atom stereocenters. The smallest absolute Gasteiger partial charge is 0.227 e. The molecule has 21 heavy (non-hydrogen) atoms. The summed E-state index contributed by atoms with van der Waals surface area (Å²) in [4.78, 5) is 16.8. The summed E-state index contributed by atoms with van der Waals surface area (Å²) in [5.74, 6) is 1.43. The summed E-state index contributed by atoms with van der Waals surface area (Å²) in [5.41, 5.74) is 2.16. The molecule has 2 aliphatic heterocycles. The molecule has 0 aromatic carbocycles. The number of hydrogen-bond donors (Lipinski definition) is 1. The van der Waals surface area contributed by atoms with Gasteiger partial charge < -0.3 is 14.7 Å². The van der Waals surface area contributed by atoms with Crippen LogP contribution in [0.3, 0.4) is 0 Å². The van der Waals surface area contributed by atoms with Gasteiger partial charge >= 0.3 is 0 Å². The Balaban J connectivity index is 1.52. The Morgan fingerprint density at radius 3 is 2.67 bits per heavy atom. The number of amides is 1. The minimum Gasteiger partial charge on any atom is -0.361 e. The van der Waals surface area contributed by atoms with Crippen LogP contribution in [0.2, 0.25) is 0 Å². The van der Waals surface area contributed by atoms with Crippen molar-refractivity contribution in [2.45, 2.75) is 26.8 Å². The zero-order chi connectivity index (χ0) is 14.8. The quantitative estimate of drug-likeness (QED) is 0.881. The first-order chi connectivity index (χ1) is 10.1. The molecular weight excluding hydrogens is 268 g/mol. The van der Waals surface area contributed by atoms with Crippen molar-refractivity contribution in [1.82, 2.24) is 20.3 Å². The summed E-state index contributed by atoms with van der Waals surface area (Å²) in [6.07, 6.45) is 0.984. The molecule has 6 nitrogen and oxygen atoms in total. The molecule has 0 aliphatic carbocycles. The first-order valence-electron chi connectivity index (χ1n) is 7.79. The van der Waals surface area contributed by atoms with Crippen LogP contribution in [0.25, 0.3) is 0 Å². The third-order valence-electron chi connectivity index (χ3n) is 4.66. The van der Waals surface area contributed by atoms with E-state index in [0.29, 0.717) is 5.91 Å². The second-order valence-electron chi connectivity index (χ2n) is 6.09. The minimum atomic E-state index is 0.194. The van der Waals surface area contributed by atoms with Gasteiger partial charge in [-0.2, -0.15) is 0 Å². The van der Waals surface area contributed by atoms with E-state index in [9.17, 15) is 4.79 Å². The average Bonchev–Trinajstić information content (AvgIpc) is 3.13. The van der Waals surface area contributed by atoms with E-state index in [1.165, 1.54) is 5.56 Å². The Kier molecular flexibility index (Phi) is 4.26. The van der Waals surface area contributed by atoms with Crippen LogP contribution >= 0.6 is 0 Å². The Morgan fingerprint density at radius 1 is 1.33 bits per heavy atom. The molecule has 0 radical (unpaired) electrons. The van der Waals surface area contributed by atoms with Gasteiger partial charge in [-0.25, -0.2) is 0 Å². The monoisotopic (exact) mass is 292 g/mol. The summed E-state index contributed by atoms with van der Waals surface area (Å²) in [6.45, 7) is 10.2. The number of rotatable bonds is 3. The number of piperazine rings is 1. The van der Waals surface area contributed by atoms with Gasteiger partial charge in [-0.15, -0.1) is 0 Å². The Morgan fingerprint density at radius 2 is 2.10 bits per heavy atom. The second kappa shape index (κ2) is 6.15. The summed E-state index contributed by atoms with van der Waals surface area (Å²) >= 11 is 0. The first-order valence-corrected chi connectivity index (χ1v) is 7.79. The lowest BCUT2D eigenvalue weighted by Gasteiger charge is -2.35. The van der Waals surface area contributed by atoms with Gasteiger partial charge in [0.1, 0.15) is 5.76 Å². The number of aryl methyl sites for hydroxylation is 2. The molecule has 2 saturated heterocycles. The predicted octanol–water partition coefficient (Wildman–Crippen LogP) is 0.545. The van der Waals surface area contributed by atoms with Crippen LogP contribution in [-0.4, -0.2) is 60.1 Å². The van der Waals surface area contributed by atoms with Gasteiger partial charge in [-0.05, 0) is 26.8 Å². The minimum absolute atomic E-state index is 0.194. The number of nitrogens with zero attached hydrogens (tertiary/aromatic N) is 3. The van der Waals surface area contributed by atoms with Gasteiger partial charge in [0.05, 0.1) is 11.6 Å². The average molecular weight is 292 g/mol. The maximum absolute atomic E-state index is 12.4.